The molecule has 3 aromatic rings. The van der Waals surface area contributed by atoms with E-state index < -0.39 is 15.9 Å². The normalized spacial score (nSPS) is 20.6. The van der Waals surface area contributed by atoms with E-state index >= 15 is 0 Å². The first-order valence-corrected chi connectivity index (χ1v) is 10.6. The molecule has 0 unspecified atom stereocenters. The molecule has 3 aromatic heterocycles. The van der Waals surface area contributed by atoms with Gasteiger partial charge >= 0.3 is 0 Å². The zero-order valence-corrected chi connectivity index (χ0v) is 16.3. The summed E-state index contributed by atoms with van der Waals surface area (Å²) in [6.45, 7) is 2.72. The minimum atomic E-state index is -3.28. The second-order valence-corrected chi connectivity index (χ2v) is 9.13. The molecule has 1 aliphatic rings. The van der Waals surface area contributed by atoms with Gasteiger partial charge in [-0.05, 0) is 12.0 Å². The second kappa shape index (κ2) is 6.60. The van der Waals surface area contributed by atoms with Gasteiger partial charge in [-0.3, -0.25) is 9.89 Å². The number of carbonyl (C=O) groups excluding carboxylic acids is 1. The Kier molecular flexibility index (Phi) is 4.35. The molecule has 0 spiro atoms. The summed E-state index contributed by atoms with van der Waals surface area (Å²) in [7, 11) is -3.28. The van der Waals surface area contributed by atoms with Crippen molar-refractivity contribution < 1.29 is 13.2 Å². The number of rotatable bonds is 5. The highest BCUT2D eigenvalue weighted by Crippen LogP contribution is 2.30. The highest BCUT2D eigenvalue weighted by Gasteiger charge is 2.35. The van der Waals surface area contributed by atoms with E-state index in [1.165, 1.54) is 16.8 Å². The number of H-pyrrole nitrogens is 1. The fraction of sp³-hybridized carbons (Fsp3) is 0.353. The van der Waals surface area contributed by atoms with Crippen molar-refractivity contribution in [2.24, 2.45) is 11.7 Å². The molecule has 28 heavy (non-hydrogen) atoms. The maximum Gasteiger partial charge on any atom is 0.252 e. The number of hydrogen-bond acceptors (Lipinski definition) is 6. The number of amides is 1. The Bertz CT molecular complexity index is 1140. The van der Waals surface area contributed by atoms with Crippen LogP contribution in [0.25, 0.3) is 16.6 Å². The molecule has 0 aliphatic carbocycles. The van der Waals surface area contributed by atoms with Gasteiger partial charge in [0.15, 0.2) is 0 Å². The van der Waals surface area contributed by atoms with Gasteiger partial charge in [-0.25, -0.2) is 12.9 Å². The average molecular weight is 403 g/mol. The molecule has 148 valence electrons. The molecule has 0 saturated carbocycles. The predicted molar refractivity (Wildman–Crippen MR) is 104 cm³/mol. The number of anilines is 1. The van der Waals surface area contributed by atoms with Gasteiger partial charge in [0, 0.05) is 42.7 Å². The molecular weight excluding hydrogens is 382 g/mol. The maximum absolute atomic E-state index is 12.0. The molecule has 11 heteroatoms. The molecule has 0 bridgehead atoms. The lowest BCUT2D eigenvalue weighted by Crippen LogP contribution is -2.32. The van der Waals surface area contributed by atoms with Crippen LogP contribution in [0.4, 0.5) is 5.69 Å². The van der Waals surface area contributed by atoms with Crippen LogP contribution >= 0.6 is 0 Å². The molecule has 2 atom stereocenters. The molecule has 10 nitrogen and oxygen atoms in total. The van der Waals surface area contributed by atoms with Gasteiger partial charge < -0.3 is 11.1 Å². The van der Waals surface area contributed by atoms with Gasteiger partial charge in [-0.1, -0.05) is 6.92 Å². The number of primary amides is 1. The Labute approximate surface area is 161 Å². The number of nitrogens with one attached hydrogen (secondary N) is 2. The number of nitrogens with two attached hydrogens (primary N) is 1. The molecule has 4 heterocycles. The number of hydrogen-bond donors (Lipinski definition) is 3. The van der Waals surface area contributed by atoms with Crippen LogP contribution in [-0.2, 0) is 10.0 Å². The van der Waals surface area contributed by atoms with E-state index in [1.807, 2.05) is 19.2 Å². The molecule has 1 fully saturated rings. The molecule has 1 aliphatic heterocycles. The summed E-state index contributed by atoms with van der Waals surface area (Å²) in [6.07, 6.45) is 7.91. The largest absolute Gasteiger partial charge is 0.378 e. The Balaban J connectivity index is 1.76. The number of aromatic nitrogens is 4. The van der Waals surface area contributed by atoms with E-state index in [2.05, 4.69) is 20.6 Å². The van der Waals surface area contributed by atoms with Crippen LogP contribution in [0.3, 0.4) is 0 Å². The Morgan fingerprint density at radius 1 is 1.32 bits per heavy atom. The number of fused-ring (bicyclic) bond motifs is 1. The first-order chi connectivity index (χ1) is 13.2. The third kappa shape index (κ3) is 3.22. The van der Waals surface area contributed by atoms with E-state index in [0.717, 1.165) is 11.1 Å². The zero-order chi connectivity index (χ0) is 20.1. The molecule has 0 radical (unpaired) electrons. The SMILES string of the molecule is C[C@H]1CN(S(C)(=O)=O)C[C@H]1Nc1c(C(N)=O)cnn2cc(-c3cn[nH]c3)cc12. The van der Waals surface area contributed by atoms with Crippen molar-refractivity contribution in [1.29, 1.82) is 0 Å². The molecule has 0 aromatic carbocycles. The summed E-state index contributed by atoms with van der Waals surface area (Å²) in [6, 6.07) is 1.73. The van der Waals surface area contributed by atoms with Gasteiger partial charge in [0.25, 0.3) is 5.91 Å². The third-order valence-corrected chi connectivity index (χ3v) is 6.35. The van der Waals surface area contributed by atoms with E-state index in [0.29, 0.717) is 24.3 Å². The lowest BCUT2D eigenvalue weighted by molar-refractivity contribution is 0.100. The highest BCUT2D eigenvalue weighted by atomic mass is 32.2. The fourth-order valence-electron chi connectivity index (χ4n) is 3.53. The van der Waals surface area contributed by atoms with Gasteiger partial charge in [0.05, 0.1) is 35.4 Å². The van der Waals surface area contributed by atoms with Crippen LogP contribution in [0.2, 0.25) is 0 Å². The Hall–Kier alpha value is -2.92. The Morgan fingerprint density at radius 3 is 2.71 bits per heavy atom. The molecule has 4 N–H and O–H groups in total. The zero-order valence-electron chi connectivity index (χ0n) is 15.5. The van der Waals surface area contributed by atoms with Gasteiger partial charge in [0.2, 0.25) is 10.0 Å². The molecular formula is C17H21N7O3S. The first kappa shape index (κ1) is 18.4. The van der Waals surface area contributed by atoms with Crippen LogP contribution < -0.4 is 11.1 Å². The molecule has 1 saturated heterocycles. The van der Waals surface area contributed by atoms with Crippen LogP contribution in [0.1, 0.15) is 17.3 Å². The molecule has 1 amide bonds. The second-order valence-electron chi connectivity index (χ2n) is 7.15. The van der Waals surface area contributed by atoms with Crippen LogP contribution in [-0.4, -0.2) is 63.8 Å². The van der Waals surface area contributed by atoms with Crippen molar-refractivity contribution in [3.63, 3.8) is 0 Å². The summed E-state index contributed by atoms with van der Waals surface area (Å²) in [5, 5.41) is 14.4. The minimum Gasteiger partial charge on any atom is -0.378 e. The summed E-state index contributed by atoms with van der Waals surface area (Å²) in [5.41, 5.74) is 8.81. The van der Waals surface area contributed by atoms with Crippen molar-refractivity contribution in [2.75, 3.05) is 24.7 Å². The monoisotopic (exact) mass is 403 g/mol. The van der Waals surface area contributed by atoms with Gasteiger partial charge in [-0.2, -0.15) is 14.5 Å². The highest BCUT2D eigenvalue weighted by molar-refractivity contribution is 7.88. The quantitative estimate of drug-likeness (QED) is 0.567. The van der Waals surface area contributed by atoms with Crippen molar-refractivity contribution in [3.8, 4) is 11.1 Å². The third-order valence-electron chi connectivity index (χ3n) is 5.11. The lowest BCUT2D eigenvalue weighted by Gasteiger charge is -2.20. The summed E-state index contributed by atoms with van der Waals surface area (Å²) >= 11 is 0. The number of nitrogens with zero attached hydrogens (tertiary/aromatic N) is 4. The minimum absolute atomic E-state index is 0.0620. The number of carbonyl (C=O) groups is 1. The van der Waals surface area contributed by atoms with E-state index in [1.54, 1.807) is 16.9 Å². The van der Waals surface area contributed by atoms with Crippen LogP contribution in [0.15, 0.2) is 30.9 Å². The smallest absolute Gasteiger partial charge is 0.252 e. The van der Waals surface area contributed by atoms with E-state index in [9.17, 15) is 13.2 Å². The lowest BCUT2D eigenvalue weighted by atomic mass is 10.1. The molecule has 4 rings (SSSR count). The van der Waals surface area contributed by atoms with Crippen molar-refractivity contribution in [3.05, 3.63) is 36.4 Å². The van der Waals surface area contributed by atoms with E-state index in [-0.39, 0.29) is 17.5 Å². The topological polar surface area (TPSA) is 138 Å². The summed E-state index contributed by atoms with van der Waals surface area (Å²) in [5.74, 6) is -0.541. The van der Waals surface area contributed by atoms with E-state index in [4.69, 9.17) is 5.73 Å². The number of aromatic amines is 1. The van der Waals surface area contributed by atoms with Crippen molar-refractivity contribution in [1.82, 2.24) is 24.1 Å². The summed E-state index contributed by atoms with van der Waals surface area (Å²) < 4.78 is 26.9. The van der Waals surface area contributed by atoms with Crippen molar-refractivity contribution >= 4 is 27.1 Å². The standard InChI is InChI=1S/C17H21N7O3S/c1-10-7-23(28(2,26)27)9-14(10)22-16-13(17(18)25)6-21-24-8-11(3-15(16)24)12-4-19-20-5-12/h3-6,8,10,14,22H,7,9H2,1-2H3,(H2,18,25)(H,19,20)/t10-,14+/m0/s1. The first-order valence-electron chi connectivity index (χ1n) is 8.76. The van der Waals surface area contributed by atoms with Gasteiger partial charge in [0.1, 0.15) is 0 Å². The number of sulfonamides is 1. The van der Waals surface area contributed by atoms with Crippen molar-refractivity contribution in [2.45, 2.75) is 13.0 Å². The van der Waals surface area contributed by atoms with Crippen LogP contribution in [0.5, 0.6) is 0 Å². The average Bonchev–Trinajstić information content (AvgIpc) is 3.33. The van der Waals surface area contributed by atoms with Crippen LogP contribution in [0, 0.1) is 5.92 Å². The predicted octanol–water partition coefficient (Wildman–Crippen LogP) is 0.515. The maximum atomic E-state index is 12.0. The Morgan fingerprint density at radius 2 is 2.11 bits per heavy atom. The van der Waals surface area contributed by atoms with Gasteiger partial charge in [-0.15, -0.1) is 0 Å². The fourth-order valence-corrected chi connectivity index (χ4v) is 4.47. The summed E-state index contributed by atoms with van der Waals surface area (Å²) in [4.78, 5) is 12.0.